The molecule has 0 aliphatic carbocycles. The smallest absolute Gasteiger partial charge is 0.329 e. The number of halogens is 1. The molecule has 0 bridgehead atoms. The summed E-state index contributed by atoms with van der Waals surface area (Å²) in [4.78, 5) is 29.6. The first-order chi connectivity index (χ1) is 15.7. The highest BCUT2D eigenvalue weighted by molar-refractivity contribution is 6.30. The molecule has 33 heavy (non-hydrogen) atoms. The number of nitrogens with zero attached hydrogens (tertiary/aromatic N) is 7. The molecule has 1 aliphatic heterocycles. The normalized spacial score (nSPS) is 15.4. The Morgan fingerprint density at radius 3 is 2.45 bits per heavy atom. The predicted molar refractivity (Wildman–Crippen MR) is 124 cm³/mol. The largest absolute Gasteiger partial charge is 0.344 e. The Morgan fingerprint density at radius 2 is 1.79 bits per heavy atom. The van der Waals surface area contributed by atoms with E-state index in [1.165, 1.54) is 9.58 Å². The lowest BCUT2D eigenvalue weighted by molar-refractivity contribution is 0.0988. The van der Waals surface area contributed by atoms with Gasteiger partial charge >= 0.3 is 6.03 Å². The highest BCUT2D eigenvalue weighted by Crippen LogP contribution is 2.43. The third-order valence-corrected chi connectivity index (χ3v) is 6.24. The summed E-state index contributed by atoms with van der Waals surface area (Å²) >= 11 is 6.14. The molecule has 1 atom stereocenters. The van der Waals surface area contributed by atoms with E-state index in [0.717, 1.165) is 22.6 Å². The van der Waals surface area contributed by atoms with Crippen LogP contribution in [0.15, 0.2) is 36.5 Å². The summed E-state index contributed by atoms with van der Waals surface area (Å²) in [6, 6.07) is 8.51. The monoisotopic (exact) mass is 463 g/mol. The van der Waals surface area contributed by atoms with Gasteiger partial charge in [-0.05, 0) is 50.1 Å². The van der Waals surface area contributed by atoms with Crippen LogP contribution in [-0.2, 0) is 0 Å². The minimum Gasteiger partial charge on any atom is -0.329 e. The number of anilines is 1. The van der Waals surface area contributed by atoms with E-state index in [0.29, 0.717) is 22.0 Å². The van der Waals surface area contributed by atoms with Crippen molar-refractivity contribution in [3.8, 4) is 0 Å². The zero-order chi connectivity index (χ0) is 23.6. The lowest BCUT2D eigenvalue weighted by Crippen LogP contribution is -2.33. The van der Waals surface area contributed by atoms with E-state index in [9.17, 15) is 9.59 Å². The molecule has 0 fully saturated rings. The Labute approximate surface area is 195 Å². The van der Waals surface area contributed by atoms with E-state index in [1.807, 2.05) is 49.6 Å². The van der Waals surface area contributed by atoms with Gasteiger partial charge in [0.05, 0.1) is 17.4 Å². The van der Waals surface area contributed by atoms with Crippen LogP contribution in [0.1, 0.15) is 44.7 Å². The van der Waals surface area contributed by atoms with E-state index >= 15 is 0 Å². The van der Waals surface area contributed by atoms with Crippen molar-refractivity contribution in [3.63, 3.8) is 0 Å². The second kappa shape index (κ2) is 7.41. The number of hydrogen-bond donors (Lipinski definition) is 0. The average molecular weight is 464 g/mol. The molecule has 1 aliphatic rings. The summed E-state index contributed by atoms with van der Waals surface area (Å²) in [5, 5.41) is 13.4. The molecule has 10 heteroatoms. The lowest BCUT2D eigenvalue weighted by atomic mass is 9.99. The summed E-state index contributed by atoms with van der Waals surface area (Å²) < 4.78 is 3.16. The first-order valence-electron chi connectivity index (χ1n) is 10.4. The van der Waals surface area contributed by atoms with Crippen LogP contribution in [0.2, 0.25) is 5.02 Å². The fourth-order valence-corrected chi connectivity index (χ4v) is 4.47. The van der Waals surface area contributed by atoms with Crippen molar-refractivity contribution in [2.75, 3.05) is 19.0 Å². The highest BCUT2D eigenvalue weighted by atomic mass is 35.5. The van der Waals surface area contributed by atoms with Crippen LogP contribution in [-0.4, -0.2) is 55.3 Å². The summed E-state index contributed by atoms with van der Waals surface area (Å²) in [7, 11) is 3.30. The van der Waals surface area contributed by atoms with Gasteiger partial charge in [-0.1, -0.05) is 23.7 Å². The van der Waals surface area contributed by atoms with Gasteiger partial charge < -0.3 is 4.90 Å². The highest BCUT2D eigenvalue weighted by Gasteiger charge is 2.44. The van der Waals surface area contributed by atoms with Crippen molar-refractivity contribution in [1.82, 2.24) is 29.3 Å². The van der Waals surface area contributed by atoms with Crippen molar-refractivity contribution in [3.05, 3.63) is 75.5 Å². The average Bonchev–Trinajstić information content (AvgIpc) is 3.41. The van der Waals surface area contributed by atoms with Crippen molar-refractivity contribution in [2.45, 2.75) is 26.8 Å². The molecule has 2 amide bonds. The first-order valence-corrected chi connectivity index (χ1v) is 10.8. The van der Waals surface area contributed by atoms with Gasteiger partial charge in [-0.15, -0.1) is 10.2 Å². The SMILES string of the molecule is Cc1cc(N2C(=O)c3nn(C(=O)N(C)C)c(C)c3[C@@H]2c2ccc(Cl)cc2)cn2c(C)nnc12. The maximum Gasteiger partial charge on any atom is 0.344 e. The molecule has 4 heterocycles. The number of benzene rings is 1. The molecule has 0 saturated carbocycles. The zero-order valence-corrected chi connectivity index (χ0v) is 19.6. The number of aromatic nitrogens is 5. The van der Waals surface area contributed by atoms with Crippen LogP contribution in [0.25, 0.3) is 5.65 Å². The van der Waals surface area contributed by atoms with E-state index < -0.39 is 6.04 Å². The third-order valence-electron chi connectivity index (χ3n) is 5.99. The van der Waals surface area contributed by atoms with Crippen LogP contribution in [0.4, 0.5) is 10.5 Å². The molecule has 4 aromatic rings. The van der Waals surface area contributed by atoms with Gasteiger partial charge in [0, 0.05) is 30.9 Å². The molecular weight excluding hydrogens is 442 g/mol. The quantitative estimate of drug-likeness (QED) is 0.451. The Bertz CT molecular complexity index is 1440. The maximum absolute atomic E-state index is 13.7. The van der Waals surface area contributed by atoms with Crippen LogP contribution in [0.3, 0.4) is 0 Å². The second-order valence-electron chi connectivity index (χ2n) is 8.39. The van der Waals surface area contributed by atoms with E-state index in [2.05, 4.69) is 15.3 Å². The maximum atomic E-state index is 13.7. The summed E-state index contributed by atoms with van der Waals surface area (Å²) in [6.07, 6.45) is 1.86. The number of aryl methyl sites for hydroxylation is 2. The fourth-order valence-electron chi connectivity index (χ4n) is 4.34. The van der Waals surface area contributed by atoms with Crippen molar-refractivity contribution in [1.29, 1.82) is 0 Å². The van der Waals surface area contributed by atoms with E-state index in [1.54, 1.807) is 31.1 Å². The number of rotatable bonds is 2. The molecule has 0 unspecified atom stereocenters. The lowest BCUT2D eigenvalue weighted by Gasteiger charge is -2.27. The minimum atomic E-state index is -0.470. The Kier molecular flexibility index (Phi) is 4.75. The minimum absolute atomic E-state index is 0.265. The van der Waals surface area contributed by atoms with Crippen molar-refractivity contribution < 1.29 is 9.59 Å². The van der Waals surface area contributed by atoms with Crippen molar-refractivity contribution in [2.24, 2.45) is 0 Å². The zero-order valence-electron chi connectivity index (χ0n) is 18.9. The summed E-state index contributed by atoms with van der Waals surface area (Å²) in [6.45, 7) is 5.61. The van der Waals surface area contributed by atoms with Crippen LogP contribution < -0.4 is 4.90 Å². The summed E-state index contributed by atoms with van der Waals surface area (Å²) in [5.74, 6) is 0.447. The topological polar surface area (TPSA) is 88.6 Å². The Hall–Kier alpha value is -3.72. The van der Waals surface area contributed by atoms with Gasteiger partial charge in [-0.3, -0.25) is 14.1 Å². The number of pyridine rings is 1. The number of carbonyl (C=O) groups is 2. The predicted octanol–water partition coefficient (Wildman–Crippen LogP) is 3.78. The molecule has 0 radical (unpaired) electrons. The van der Waals surface area contributed by atoms with Gasteiger partial charge in [0.15, 0.2) is 11.3 Å². The number of amides is 2. The van der Waals surface area contributed by atoms with Crippen LogP contribution in [0.5, 0.6) is 0 Å². The van der Waals surface area contributed by atoms with Crippen molar-refractivity contribution >= 4 is 34.9 Å². The Balaban J connectivity index is 1.74. The van der Waals surface area contributed by atoms with Gasteiger partial charge in [-0.25, -0.2) is 4.79 Å². The molecule has 0 spiro atoms. The van der Waals surface area contributed by atoms with E-state index in [-0.39, 0.29) is 17.6 Å². The standard InChI is InChI=1S/C23H22ClN7O2/c1-12-10-17(11-29-14(3)25-26-21(12)29)30-20(15-6-8-16(24)9-7-15)18-13(2)31(23(33)28(4)5)27-19(18)22(30)32/h6-11,20H,1-5H3/t20-/m0/s1. The Morgan fingerprint density at radius 1 is 1.09 bits per heavy atom. The van der Waals surface area contributed by atoms with E-state index in [4.69, 9.17) is 11.6 Å². The molecule has 0 saturated heterocycles. The fraction of sp³-hybridized carbons (Fsp3) is 0.261. The number of carbonyl (C=O) groups excluding carboxylic acids is 2. The molecule has 9 nitrogen and oxygen atoms in total. The van der Waals surface area contributed by atoms with Gasteiger partial charge in [0.25, 0.3) is 5.91 Å². The molecule has 3 aromatic heterocycles. The molecule has 1 aromatic carbocycles. The molecular formula is C23H22ClN7O2. The van der Waals surface area contributed by atoms with Gasteiger partial charge in [0.2, 0.25) is 0 Å². The van der Waals surface area contributed by atoms with Crippen LogP contribution in [0, 0.1) is 20.8 Å². The molecule has 5 rings (SSSR count). The second-order valence-corrected chi connectivity index (χ2v) is 8.82. The number of hydrogen-bond acceptors (Lipinski definition) is 5. The summed E-state index contributed by atoms with van der Waals surface area (Å²) in [5.41, 5.74) is 4.78. The third kappa shape index (κ3) is 3.11. The molecule has 0 N–H and O–H groups in total. The molecule has 168 valence electrons. The van der Waals surface area contributed by atoms with Crippen LogP contribution >= 0.6 is 11.6 Å². The first kappa shape index (κ1) is 21.1. The van der Waals surface area contributed by atoms with Gasteiger partial charge in [0.1, 0.15) is 5.82 Å². The van der Waals surface area contributed by atoms with Gasteiger partial charge in [-0.2, -0.15) is 9.78 Å². The number of fused-ring (bicyclic) bond motifs is 2.